The third kappa shape index (κ3) is 5.26. The Bertz CT molecular complexity index is 878. The third-order valence-electron chi connectivity index (χ3n) is 3.09. The van der Waals surface area contributed by atoms with E-state index in [9.17, 15) is 18.0 Å². The van der Waals surface area contributed by atoms with Crippen LogP contribution in [0.2, 0.25) is 9.36 Å². The zero-order valence-electron chi connectivity index (χ0n) is 12.9. The standard InChI is InChI=1S/C15H13Cl2NO5S2/c1-18(25(21,22)11-4-2-10(16)3-5-11)8-15(20)23-9-12(19)13-6-7-14(17)24-13/h2-7H,8-9H2,1H3. The highest BCUT2D eigenvalue weighted by atomic mass is 35.5. The molecule has 0 saturated heterocycles. The van der Waals surface area contributed by atoms with Gasteiger partial charge in [0.2, 0.25) is 15.8 Å². The van der Waals surface area contributed by atoms with Gasteiger partial charge in [-0.2, -0.15) is 4.31 Å². The maximum Gasteiger partial charge on any atom is 0.321 e. The lowest BCUT2D eigenvalue weighted by molar-refractivity contribution is -0.142. The Labute approximate surface area is 159 Å². The predicted octanol–water partition coefficient (Wildman–Crippen LogP) is 3.10. The van der Waals surface area contributed by atoms with Gasteiger partial charge < -0.3 is 4.74 Å². The Kier molecular flexibility index (Phi) is 6.59. The maximum absolute atomic E-state index is 12.3. The van der Waals surface area contributed by atoms with Crippen LogP contribution in [0.15, 0.2) is 41.3 Å². The predicted molar refractivity (Wildman–Crippen MR) is 95.9 cm³/mol. The number of hydrogen-bond acceptors (Lipinski definition) is 6. The van der Waals surface area contributed by atoms with E-state index < -0.39 is 34.9 Å². The minimum absolute atomic E-state index is 0.00324. The SMILES string of the molecule is CN(CC(=O)OCC(=O)c1ccc(Cl)s1)S(=O)(=O)c1ccc(Cl)cc1. The number of hydrogen-bond donors (Lipinski definition) is 0. The largest absolute Gasteiger partial charge is 0.456 e. The normalized spacial score (nSPS) is 11.5. The fourth-order valence-electron chi connectivity index (χ4n) is 1.78. The molecule has 1 heterocycles. The van der Waals surface area contributed by atoms with Crippen LogP contribution in [0.4, 0.5) is 0 Å². The van der Waals surface area contributed by atoms with Gasteiger partial charge in [0.15, 0.2) is 6.61 Å². The van der Waals surface area contributed by atoms with Gasteiger partial charge in [-0.05, 0) is 36.4 Å². The number of carbonyl (C=O) groups excluding carboxylic acids is 2. The smallest absolute Gasteiger partial charge is 0.321 e. The molecule has 0 amide bonds. The highest BCUT2D eigenvalue weighted by molar-refractivity contribution is 7.89. The second-order valence-corrected chi connectivity index (χ2v) is 9.10. The van der Waals surface area contributed by atoms with E-state index in [4.69, 9.17) is 27.9 Å². The molecule has 0 radical (unpaired) electrons. The Balaban J connectivity index is 1.93. The van der Waals surface area contributed by atoms with E-state index in [1.165, 1.54) is 37.4 Å². The Morgan fingerprint density at radius 2 is 1.76 bits per heavy atom. The average Bonchev–Trinajstić information content (AvgIpc) is 2.99. The molecule has 0 aliphatic carbocycles. The number of Topliss-reactive ketones (excluding diaryl/α,β-unsaturated/α-hetero) is 1. The number of esters is 1. The van der Waals surface area contributed by atoms with E-state index >= 15 is 0 Å². The lowest BCUT2D eigenvalue weighted by Crippen LogP contribution is -2.33. The summed E-state index contributed by atoms with van der Waals surface area (Å²) < 4.78 is 30.8. The van der Waals surface area contributed by atoms with Crippen molar-refractivity contribution in [3.63, 3.8) is 0 Å². The molecule has 134 valence electrons. The number of ether oxygens (including phenoxy) is 1. The van der Waals surface area contributed by atoms with E-state index in [-0.39, 0.29) is 4.90 Å². The fourth-order valence-corrected chi connectivity index (χ4v) is 3.99. The van der Waals surface area contributed by atoms with Crippen LogP contribution >= 0.6 is 34.5 Å². The number of benzene rings is 1. The van der Waals surface area contributed by atoms with Gasteiger partial charge in [0, 0.05) is 12.1 Å². The Hall–Kier alpha value is -1.45. The quantitative estimate of drug-likeness (QED) is 0.506. The van der Waals surface area contributed by atoms with Crippen molar-refractivity contribution in [1.29, 1.82) is 0 Å². The Morgan fingerprint density at radius 1 is 1.12 bits per heavy atom. The number of likely N-dealkylation sites (N-methyl/N-ethyl adjacent to an activating group) is 1. The van der Waals surface area contributed by atoms with E-state index in [0.29, 0.717) is 14.2 Å². The zero-order valence-corrected chi connectivity index (χ0v) is 16.1. The van der Waals surface area contributed by atoms with Crippen LogP contribution in [0.1, 0.15) is 9.67 Å². The van der Waals surface area contributed by atoms with E-state index in [2.05, 4.69) is 0 Å². The first-order valence-corrected chi connectivity index (χ1v) is 9.87. The molecule has 1 aromatic heterocycles. The van der Waals surface area contributed by atoms with E-state index in [1.807, 2.05) is 0 Å². The van der Waals surface area contributed by atoms with Gasteiger partial charge in [-0.3, -0.25) is 9.59 Å². The zero-order chi connectivity index (χ0) is 18.6. The lowest BCUT2D eigenvalue weighted by atomic mass is 10.3. The van der Waals surface area contributed by atoms with Crippen molar-refractivity contribution < 1.29 is 22.7 Å². The van der Waals surface area contributed by atoms with Gasteiger partial charge in [-0.15, -0.1) is 11.3 Å². The summed E-state index contributed by atoms with van der Waals surface area (Å²) in [5.41, 5.74) is 0. The minimum Gasteiger partial charge on any atom is -0.456 e. The molecule has 2 rings (SSSR count). The number of halogens is 2. The summed E-state index contributed by atoms with van der Waals surface area (Å²) in [5, 5.41) is 0.396. The van der Waals surface area contributed by atoms with Gasteiger partial charge >= 0.3 is 5.97 Å². The number of nitrogens with zero attached hydrogens (tertiary/aromatic N) is 1. The van der Waals surface area contributed by atoms with E-state index in [0.717, 1.165) is 15.6 Å². The van der Waals surface area contributed by atoms with Crippen molar-refractivity contribution in [3.8, 4) is 0 Å². The molecular weight excluding hydrogens is 409 g/mol. The molecule has 6 nitrogen and oxygen atoms in total. The molecule has 0 aliphatic heterocycles. The first kappa shape index (κ1) is 19.9. The molecule has 0 aliphatic rings. The maximum atomic E-state index is 12.3. The number of rotatable bonds is 7. The summed E-state index contributed by atoms with van der Waals surface area (Å²) in [6.45, 7) is -1.01. The average molecular weight is 422 g/mol. The highest BCUT2D eigenvalue weighted by Gasteiger charge is 2.24. The molecule has 0 atom stereocenters. The first-order valence-electron chi connectivity index (χ1n) is 6.86. The third-order valence-corrected chi connectivity index (χ3v) is 6.43. The van der Waals surface area contributed by atoms with Crippen LogP contribution in [-0.4, -0.2) is 44.7 Å². The number of carbonyl (C=O) groups is 2. The first-order chi connectivity index (χ1) is 11.7. The molecule has 0 fully saturated rings. The van der Waals surface area contributed by atoms with Gasteiger partial charge in [0.05, 0.1) is 14.1 Å². The van der Waals surface area contributed by atoms with Gasteiger partial charge in [0.1, 0.15) is 6.54 Å². The second-order valence-electron chi connectivity index (χ2n) is 4.90. The molecule has 10 heteroatoms. The van der Waals surface area contributed by atoms with Crippen LogP contribution < -0.4 is 0 Å². The molecule has 1 aromatic carbocycles. The summed E-state index contributed by atoms with van der Waals surface area (Å²) >= 11 is 12.5. The van der Waals surface area contributed by atoms with E-state index in [1.54, 1.807) is 6.07 Å². The van der Waals surface area contributed by atoms with Crippen molar-refractivity contribution in [2.45, 2.75) is 4.90 Å². The van der Waals surface area contributed by atoms with Crippen molar-refractivity contribution in [2.24, 2.45) is 0 Å². The number of sulfonamides is 1. The number of ketones is 1. The van der Waals surface area contributed by atoms with Crippen LogP contribution in [0.5, 0.6) is 0 Å². The van der Waals surface area contributed by atoms with Crippen LogP contribution in [-0.2, 0) is 19.6 Å². The monoisotopic (exact) mass is 421 g/mol. The second kappa shape index (κ2) is 8.29. The molecule has 0 N–H and O–H groups in total. The van der Waals surface area contributed by atoms with Crippen molar-refractivity contribution >= 4 is 56.3 Å². The van der Waals surface area contributed by atoms with Crippen LogP contribution in [0, 0.1) is 0 Å². The Morgan fingerprint density at radius 3 is 2.32 bits per heavy atom. The summed E-state index contributed by atoms with van der Waals surface area (Å²) in [5.74, 6) is -1.25. The van der Waals surface area contributed by atoms with Crippen molar-refractivity contribution in [3.05, 3.63) is 50.6 Å². The summed E-state index contributed by atoms with van der Waals surface area (Å²) in [6, 6.07) is 8.64. The van der Waals surface area contributed by atoms with Gasteiger partial charge in [-0.25, -0.2) is 8.42 Å². The van der Waals surface area contributed by atoms with Crippen molar-refractivity contribution in [1.82, 2.24) is 4.31 Å². The summed E-state index contributed by atoms with van der Waals surface area (Å²) in [6.07, 6.45) is 0. The van der Waals surface area contributed by atoms with Gasteiger partial charge in [0.25, 0.3) is 0 Å². The molecule has 0 saturated carbocycles. The fraction of sp³-hybridized carbons (Fsp3) is 0.200. The van der Waals surface area contributed by atoms with Crippen LogP contribution in [0.25, 0.3) is 0 Å². The molecule has 0 unspecified atom stereocenters. The minimum atomic E-state index is -3.86. The molecule has 25 heavy (non-hydrogen) atoms. The highest BCUT2D eigenvalue weighted by Crippen LogP contribution is 2.22. The topological polar surface area (TPSA) is 80.8 Å². The van der Waals surface area contributed by atoms with Gasteiger partial charge in [-0.1, -0.05) is 23.2 Å². The summed E-state index contributed by atoms with van der Waals surface area (Å²) in [4.78, 5) is 24.0. The molecular formula is C15H13Cl2NO5S2. The molecule has 0 bridgehead atoms. The lowest BCUT2D eigenvalue weighted by Gasteiger charge is -2.16. The van der Waals surface area contributed by atoms with Crippen molar-refractivity contribution in [2.75, 3.05) is 20.2 Å². The number of thiophene rings is 1. The molecule has 0 spiro atoms. The molecule has 2 aromatic rings. The summed E-state index contributed by atoms with van der Waals surface area (Å²) in [7, 11) is -2.62. The van der Waals surface area contributed by atoms with Crippen LogP contribution in [0.3, 0.4) is 0 Å².